The van der Waals surface area contributed by atoms with Gasteiger partial charge in [-0.1, -0.05) is 30.3 Å². The maximum Gasteiger partial charge on any atom is 0.294 e. The van der Waals surface area contributed by atoms with Crippen LogP contribution < -0.4 is 15.0 Å². The number of para-hydroxylation sites is 2. The first-order chi connectivity index (χ1) is 14.1. The molecule has 0 saturated carbocycles. The lowest BCUT2D eigenvalue weighted by atomic mass is 10.1. The minimum Gasteiger partial charge on any atom is -0.449 e. The van der Waals surface area contributed by atoms with E-state index in [0.29, 0.717) is 24.6 Å². The van der Waals surface area contributed by atoms with Crippen LogP contribution in [0, 0.1) is 5.82 Å². The van der Waals surface area contributed by atoms with Crippen molar-refractivity contribution >= 4 is 23.6 Å². The monoisotopic (exact) mass is 396 g/mol. The van der Waals surface area contributed by atoms with Crippen LogP contribution in [0.25, 0.3) is 6.08 Å². The maximum atomic E-state index is 14.0. The number of carbonyl (C=O) groups is 2. The molecule has 0 spiro atoms. The molecule has 0 aromatic heterocycles. The molecule has 2 aromatic rings. The molecule has 0 aliphatic carbocycles. The van der Waals surface area contributed by atoms with Crippen LogP contribution in [0.4, 0.5) is 10.1 Å². The van der Waals surface area contributed by atoms with Crippen molar-refractivity contribution in [1.82, 2.24) is 5.32 Å². The quantitative estimate of drug-likeness (QED) is 0.790. The summed E-state index contributed by atoms with van der Waals surface area (Å²) < 4.78 is 25.2. The van der Waals surface area contributed by atoms with E-state index >= 15 is 0 Å². The smallest absolute Gasteiger partial charge is 0.294 e. The Hall–Kier alpha value is -3.19. The van der Waals surface area contributed by atoms with Gasteiger partial charge in [-0.25, -0.2) is 4.39 Å². The summed E-state index contributed by atoms with van der Waals surface area (Å²) in [6, 6.07) is 13.0. The average Bonchev–Trinajstić information content (AvgIpc) is 3.25. The molecule has 6 nitrogen and oxygen atoms in total. The summed E-state index contributed by atoms with van der Waals surface area (Å²) in [5.41, 5.74) is 0.730. The number of nitrogens with zero attached hydrogens (tertiary/aromatic N) is 1. The fourth-order valence-electron chi connectivity index (χ4n) is 3.39. The van der Waals surface area contributed by atoms with Gasteiger partial charge in [0.15, 0.2) is 11.5 Å². The summed E-state index contributed by atoms with van der Waals surface area (Å²) in [6.45, 7) is 0.956. The highest BCUT2D eigenvalue weighted by Gasteiger charge is 2.32. The molecule has 7 heteroatoms. The van der Waals surface area contributed by atoms with E-state index in [-0.39, 0.29) is 29.9 Å². The van der Waals surface area contributed by atoms with Crippen molar-refractivity contribution in [1.29, 1.82) is 0 Å². The fourth-order valence-corrected chi connectivity index (χ4v) is 3.39. The van der Waals surface area contributed by atoms with Crippen LogP contribution in [-0.2, 0) is 14.3 Å². The number of nitrogens with one attached hydrogen (secondary N) is 1. The molecule has 2 amide bonds. The third-order valence-corrected chi connectivity index (χ3v) is 4.88. The Morgan fingerprint density at radius 2 is 2.00 bits per heavy atom. The third kappa shape index (κ3) is 4.30. The van der Waals surface area contributed by atoms with Crippen LogP contribution in [0.2, 0.25) is 0 Å². The molecule has 1 saturated heterocycles. The third-order valence-electron chi connectivity index (χ3n) is 4.88. The molecule has 1 fully saturated rings. The van der Waals surface area contributed by atoms with Gasteiger partial charge in [0.1, 0.15) is 12.4 Å². The lowest BCUT2D eigenvalue weighted by Crippen LogP contribution is -2.45. The van der Waals surface area contributed by atoms with Gasteiger partial charge in [-0.05, 0) is 37.1 Å². The molecule has 2 aliphatic rings. The molecule has 0 bridgehead atoms. The van der Waals surface area contributed by atoms with E-state index < -0.39 is 11.7 Å². The molecule has 4 rings (SSSR count). The highest BCUT2D eigenvalue weighted by atomic mass is 19.1. The van der Waals surface area contributed by atoms with Crippen LogP contribution in [0.5, 0.6) is 5.75 Å². The first-order valence-electron chi connectivity index (χ1n) is 9.55. The Morgan fingerprint density at radius 3 is 2.79 bits per heavy atom. The minimum absolute atomic E-state index is 0.0168. The second-order valence-electron chi connectivity index (χ2n) is 6.93. The van der Waals surface area contributed by atoms with Crippen LogP contribution in [0.15, 0.2) is 54.3 Å². The normalized spacial score (nSPS) is 19.8. The Bertz CT molecular complexity index is 953. The summed E-state index contributed by atoms with van der Waals surface area (Å²) in [4.78, 5) is 26.8. The molecule has 150 valence electrons. The molecule has 0 radical (unpaired) electrons. The van der Waals surface area contributed by atoms with E-state index in [0.717, 1.165) is 12.8 Å². The van der Waals surface area contributed by atoms with E-state index in [1.807, 2.05) is 0 Å². The summed E-state index contributed by atoms with van der Waals surface area (Å²) >= 11 is 0. The van der Waals surface area contributed by atoms with Gasteiger partial charge in [0.25, 0.3) is 5.91 Å². The molecule has 29 heavy (non-hydrogen) atoms. The lowest BCUT2D eigenvalue weighted by molar-refractivity contribution is -0.123. The van der Waals surface area contributed by atoms with Gasteiger partial charge in [-0.3, -0.25) is 14.5 Å². The van der Waals surface area contributed by atoms with Gasteiger partial charge in [0.05, 0.1) is 11.8 Å². The van der Waals surface area contributed by atoms with Gasteiger partial charge in [0.2, 0.25) is 5.91 Å². The van der Waals surface area contributed by atoms with Crippen molar-refractivity contribution in [3.05, 3.63) is 65.7 Å². The topological polar surface area (TPSA) is 67.9 Å². The lowest BCUT2D eigenvalue weighted by Gasteiger charge is -2.30. The number of ether oxygens (including phenoxy) is 2. The van der Waals surface area contributed by atoms with Crippen molar-refractivity contribution in [3.8, 4) is 5.75 Å². The zero-order valence-corrected chi connectivity index (χ0v) is 15.8. The van der Waals surface area contributed by atoms with Crippen molar-refractivity contribution in [2.24, 2.45) is 0 Å². The minimum atomic E-state index is -0.501. The molecular weight excluding hydrogens is 375 g/mol. The number of anilines is 1. The predicted octanol–water partition coefficient (Wildman–Crippen LogP) is 2.89. The molecule has 2 aromatic carbocycles. The summed E-state index contributed by atoms with van der Waals surface area (Å²) in [6.07, 6.45) is 3.27. The first-order valence-corrected chi connectivity index (χ1v) is 9.55. The van der Waals surface area contributed by atoms with E-state index in [4.69, 9.17) is 9.47 Å². The summed E-state index contributed by atoms with van der Waals surface area (Å²) in [5, 5.41) is 2.82. The predicted molar refractivity (Wildman–Crippen MR) is 106 cm³/mol. The van der Waals surface area contributed by atoms with Crippen LogP contribution in [-0.4, -0.2) is 37.6 Å². The van der Waals surface area contributed by atoms with Gasteiger partial charge < -0.3 is 14.8 Å². The number of hydrogen-bond donors (Lipinski definition) is 1. The SMILES string of the molecule is O=C(CN1C(=O)C(=Cc2ccccc2F)Oc2ccccc21)NCC1CCCO1. The molecule has 1 atom stereocenters. The first kappa shape index (κ1) is 19.1. The number of carbonyl (C=O) groups excluding carboxylic acids is 2. The number of hydrogen-bond acceptors (Lipinski definition) is 4. The Kier molecular flexibility index (Phi) is 5.57. The van der Waals surface area contributed by atoms with E-state index in [9.17, 15) is 14.0 Å². The van der Waals surface area contributed by atoms with Crippen molar-refractivity contribution in [3.63, 3.8) is 0 Å². The van der Waals surface area contributed by atoms with E-state index in [1.54, 1.807) is 42.5 Å². The van der Waals surface area contributed by atoms with Gasteiger partial charge in [0, 0.05) is 18.7 Å². The number of benzene rings is 2. The Morgan fingerprint density at radius 1 is 1.21 bits per heavy atom. The van der Waals surface area contributed by atoms with Gasteiger partial charge in [-0.2, -0.15) is 0 Å². The fraction of sp³-hybridized carbons (Fsp3) is 0.273. The van der Waals surface area contributed by atoms with Crippen molar-refractivity contribution in [2.45, 2.75) is 18.9 Å². The molecule has 1 unspecified atom stereocenters. The Labute approximate surface area is 167 Å². The summed E-state index contributed by atoms with van der Waals surface area (Å²) in [7, 11) is 0. The molecule has 1 N–H and O–H groups in total. The zero-order chi connectivity index (χ0) is 20.2. The molecule has 2 aliphatic heterocycles. The van der Waals surface area contributed by atoms with Crippen molar-refractivity contribution < 1.29 is 23.5 Å². The van der Waals surface area contributed by atoms with Gasteiger partial charge in [-0.15, -0.1) is 0 Å². The number of rotatable bonds is 5. The standard InChI is InChI=1S/C22H21FN2O4/c23-17-8-2-1-6-15(17)12-20-22(27)25(18-9-3-4-10-19(18)29-20)14-21(26)24-13-16-7-5-11-28-16/h1-4,6,8-10,12,16H,5,7,11,13-14H2,(H,24,26). The number of amides is 2. The number of halogens is 1. The van der Waals surface area contributed by atoms with Crippen molar-refractivity contribution in [2.75, 3.05) is 24.6 Å². The van der Waals surface area contributed by atoms with Gasteiger partial charge >= 0.3 is 0 Å². The highest BCUT2D eigenvalue weighted by Crippen LogP contribution is 2.35. The van der Waals surface area contributed by atoms with Crippen LogP contribution in [0.3, 0.4) is 0 Å². The largest absolute Gasteiger partial charge is 0.449 e. The summed E-state index contributed by atoms with van der Waals surface area (Å²) in [5.74, 6) is -0.867. The molecule has 2 heterocycles. The average molecular weight is 396 g/mol. The Balaban J connectivity index is 1.55. The van der Waals surface area contributed by atoms with E-state index in [2.05, 4.69) is 5.32 Å². The van der Waals surface area contributed by atoms with Crippen LogP contribution in [0.1, 0.15) is 18.4 Å². The highest BCUT2D eigenvalue weighted by molar-refractivity contribution is 6.12. The zero-order valence-electron chi connectivity index (χ0n) is 15.8. The van der Waals surface area contributed by atoms with E-state index in [1.165, 1.54) is 17.0 Å². The van der Waals surface area contributed by atoms with Crippen LogP contribution >= 0.6 is 0 Å². The second kappa shape index (κ2) is 8.45. The second-order valence-corrected chi connectivity index (χ2v) is 6.93. The molecular formula is C22H21FN2O4. The maximum absolute atomic E-state index is 14.0. The number of fused-ring (bicyclic) bond motifs is 1.